The minimum atomic E-state index is -4.68. The third kappa shape index (κ3) is 2.34. The first-order valence-electron chi connectivity index (χ1n) is 3.87. The number of hydrogen-bond acceptors (Lipinski definition) is 3. The molecule has 80 valence electrons. The van der Waals surface area contributed by atoms with Crippen LogP contribution in [0.5, 0.6) is 0 Å². The van der Waals surface area contributed by atoms with Crippen LogP contribution >= 0.6 is 0 Å². The molecule has 0 unspecified atom stereocenters. The van der Waals surface area contributed by atoms with Gasteiger partial charge < -0.3 is 0 Å². The second kappa shape index (κ2) is 3.73. The normalized spacial score (nSPS) is 11.1. The highest BCUT2D eigenvalue weighted by molar-refractivity contribution is 5.98. The predicted octanol–water partition coefficient (Wildman–Crippen LogP) is 1.54. The lowest BCUT2D eigenvalue weighted by atomic mass is 10.1. The number of rotatable bonds is 2. The number of carbonyl (C=O) groups excluding carboxylic acids is 1. The van der Waals surface area contributed by atoms with E-state index in [-0.39, 0.29) is 0 Å². The summed E-state index contributed by atoms with van der Waals surface area (Å²) in [5.41, 5.74) is -1.81. The van der Waals surface area contributed by atoms with Gasteiger partial charge in [0.2, 0.25) is 0 Å². The zero-order valence-electron chi connectivity index (χ0n) is 7.67. The fourth-order valence-electron chi connectivity index (χ4n) is 1.07. The molecule has 1 heterocycles. The number of aryl methyl sites for hydroxylation is 1. The highest BCUT2D eigenvalue weighted by Crippen LogP contribution is 2.30. The zero-order valence-corrected chi connectivity index (χ0v) is 7.67. The van der Waals surface area contributed by atoms with Crippen LogP contribution in [0.4, 0.5) is 13.2 Å². The molecule has 4 nitrogen and oxygen atoms in total. The van der Waals surface area contributed by atoms with Gasteiger partial charge in [-0.05, 0) is 0 Å². The van der Waals surface area contributed by atoms with E-state index in [9.17, 15) is 18.0 Å². The molecule has 15 heavy (non-hydrogen) atoms. The van der Waals surface area contributed by atoms with E-state index < -0.39 is 29.6 Å². The molecule has 1 rings (SSSR count). The summed E-state index contributed by atoms with van der Waals surface area (Å²) in [6.45, 7) is 0. The van der Waals surface area contributed by atoms with E-state index >= 15 is 0 Å². The van der Waals surface area contributed by atoms with Crippen molar-refractivity contribution in [2.45, 2.75) is 12.6 Å². The van der Waals surface area contributed by atoms with Crippen LogP contribution in [0.1, 0.15) is 22.5 Å². The van der Waals surface area contributed by atoms with Gasteiger partial charge in [-0.25, -0.2) is 0 Å². The molecule has 1 aromatic heterocycles. The topological polar surface area (TPSA) is 58.7 Å². The molecule has 0 spiro atoms. The molecule has 0 aromatic carbocycles. The number of aromatic nitrogens is 2. The van der Waals surface area contributed by atoms with E-state index in [2.05, 4.69) is 5.10 Å². The van der Waals surface area contributed by atoms with E-state index in [1.165, 1.54) is 13.1 Å². The van der Waals surface area contributed by atoms with Gasteiger partial charge >= 0.3 is 6.18 Å². The molecule has 0 saturated heterocycles. The van der Waals surface area contributed by atoms with Crippen LogP contribution in [0, 0.1) is 11.3 Å². The summed E-state index contributed by atoms with van der Waals surface area (Å²) in [4.78, 5) is 11.1. The van der Waals surface area contributed by atoms with Crippen LogP contribution in [0.25, 0.3) is 0 Å². The number of nitrogens with zero attached hydrogens (tertiary/aromatic N) is 3. The molecule has 0 N–H and O–H groups in total. The molecule has 1 aromatic rings. The Bertz CT molecular complexity index is 427. The second-order valence-corrected chi connectivity index (χ2v) is 2.82. The van der Waals surface area contributed by atoms with Crippen molar-refractivity contribution >= 4 is 5.78 Å². The quantitative estimate of drug-likeness (QED) is 0.706. The number of ketones is 1. The maximum absolute atomic E-state index is 12.4. The van der Waals surface area contributed by atoms with Crippen LogP contribution in [0.3, 0.4) is 0 Å². The Morgan fingerprint density at radius 3 is 2.73 bits per heavy atom. The molecular formula is C8H6F3N3O. The smallest absolute Gasteiger partial charge is 0.293 e. The van der Waals surface area contributed by atoms with Crippen molar-refractivity contribution in [1.82, 2.24) is 9.78 Å². The van der Waals surface area contributed by atoms with Gasteiger partial charge in [-0.2, -0.15) is 23.5 Å². The summed E-state index contributed by atoms with van der Waals surface area (Å²) in [6.07, 6.45) is -4.31. The van der Waals surface area contributed by atoms with Crippen LogP contribution < -0.4 is 0 Å². The van der Waals surface area contributed by atoms with Crippen molar-refractivity contribution < 1.29 is 18.0 Å². The fourth-order valence-corrected chi connectivity index (χ4v) is 1.07. The Morgan fingerprint density at radius 2 is 2.27 bits per heavy atom. The lowest BCUT2D eigenvalue weighted by Gasteiger charge is -2.03. The van der Waals surface area contributed by atoms with Crippen molar-refractivity contribution in [3.63, 3.8) is 0 Å². The Labute approximate surface area is 82.9 Å². The standard InChI is InChI=1S/C8H6F3N3O/c1-14-4-5(6(15)2-3-12)7(13-14)8(9,10)11/h4H,2H2,1H3. The van der Waals surface area contributed by atoms with E-state index in [0.29, 0.717) is 0 Å². The Balaban J connectivity index is 3.19. The van der Waals surface area contributed by atoms with Gasteiger partial charge in [0, 0.05) is 13.2 Å². The SMILES string of the molecule is Cn1cc(C(=O)CC#N)c(C(F)(F)F)n1. The average Bonchev–Trinajstić information content (AvgIpc) is 2.47. The van der Waals surface area contributed by atoms with Gasteiger partial charge in [-0.3, -0.25) is 9.48 Å². The third-order valence-corrected chi connectivity index (χ3v) is 1.64. The second-order valence-electron chi connectivity index (χ2n) is 2.82. The van der Waals surface area contributed by atoms with Gasteiger partial charge in [0.25, 0.3) is 0 Å². The van der Waals surface area contributed by atoms with Crippen molar-refractivity contribution in [1.29, 1.82) is 5.26 Å². The Kier molecular flexibility index (Phi) is 2.79. The molecule has 0 atom stereocenters. The number of nitriles is 1. The summed E-state index contributed by atoms with van der Waals surface area (Å²) < 4.78 is 38.0. The van der Waals surface area contributed by atoms with Crippen LogP contribution in [-0.4, -0.2) is 15.6 Å². The third-order valence-electron chi connectivity index (χ3n) is 1.64. The first-order chi connectivity index (χ1) is 6.86. The molecule has 0 amide bonds. The van der Waals surface area contributed by atoms with Gasteiger partial charge in [0.05, 0.1) is 18.1 Å². The zero-order chi connectivity index (χ0) is 11.6. The Hall–Kier alpha value is -1.84. The van der Waals surface area contributed by atoms with E-state index in [0.717, 1.165) is 10.9 Å². The lowest BCUT2D eigenvalue weighted by molar-refractivity contribution is -0.141. The minimum Gasteiger partial charge on any atom is -0.293 e. The van der Waals surface area contributed by atoms with Crippen molar-refractivity contribution in [3.05, 3.63) is 17.5 Å². The molecule has 7 heteroatoms. The molecule has 0 saturated carbocycles. The summed E-state index contributed by atoms with van der Waals surface area (Å²) in [5.74, 6) is -0.877. The van der Waals surface area contributed by atoms with Gasteiger partial charge in [-0.15, -0.1) is 0 Å². The predicted molar refractivity (Wildman–Crippen MR) is 42.8 cm³/mol. The van der Waals surface area contributed by atoms with Crippen LogP contribution in [-0.2, 0) is 13.2 Å². The lowest BCUT2D eigenvalue weighted by Crippen LogP contribution is -2.12. The van der Waals surface area contributed by atoms with Crippen molar-refractivity contribution in [2.24, 2.45) is 7.05 Å². The van der Waals surface area contributed by atoms with E-state index in [1.54, 1.807) is 0 Å². The number of Topliss-reactive ketones (excluding diaryl/α,β-unsaturated/α-hetero) is 1. The summed E-state index contributed by atoms with van der Waals surface area (Å²) in [6, 6.07) is 1.50. The van der Waals surface area contributed by atoms with Gasteiger partial charge in [0.1, 0.15) is 0 Å². The maximum Gasteiger partial charge on any atom is 0.435 e. The maximum atomic E-state index is 12.4. The summed E-state index contributed by atoms with van der Waals surface area (Å²) in [5, 5.41) is 11.4. The van der Waals surface area contributed by atoms with Gasteiger partial charge in [-0.1, -0.05) is 0 Å². The largest absolute Gasteiger partial charge is 0.435 e. The molecule has 0 fully saturated rings. The number of halogens is 3. The molecule has 0 aliphatic heterocycles. The first kappa shape index (κ1) is 11.2. The molecule has 0 aliphatic carbocycles. The van der Waals surface area contributed by atoms with E-state index in [4.69, 9.17) is 5.26 Å². The monoisotopic (exact) mass is 217 g/mol. The highest BCUT2D eigenvalue weighted by atomic mass is 19.4. The van der Waals surface area contributed by atoms with Crippen LogP contribution in [0.15, 0.2) is 6.20 Å². The van der Waals surface area contributed by atoms with Crippen molar-refractivity contribution in [3.8, 4) is 6.07 Å². The molecule has 0 bridgehead atoms. The van der Waals surface area contributed by atoms with Gasteiger partial charge in [0.15, 0.2) is 11.5 Å². The number of hydrogen-bond donors (Lipinski definition) is 0. The molecule has 0 aliphatic rings. The molecular weight excluding hydrogens is 211 g/mol. The molecule has 0 radical (unpaired) electrons. The minimum absolute atomic E-state index is 0.563. The fraction of sp³-hybridized carbons (Fsp3) is 0.375. The highest BCUT2D eigenvalue weighted by Gasteiger charge is 2.38. The van der Waals surface area contributed by atoms with Crippen molar-refractivity contribution in [2.75, 3.05) is 0 Å². The van der Waals surface area contributed by atoms with Crippen LogP contribution in [0.2, 0.25) is 0 Å². The number of alkyl halides is 3. The number of carbonyl (C=O) groups is 1. The summed E-state index contributed by atoms with van der Waals surface area (Å²) in [7, 11) is 1.28. The summed E-state index contributed by atoms with van der Waals surface area (Å²) >= 11 is 0. The average molecular weight is 217 g/mol. The first-order valence-corrected chi connectivity index (χ1v) is 3.87. The van der Waals surface area contributed by atoms with E-state index in [1.807, 2.05) is 0 Å². The Morgan fingerprint density at radius 1 is 1.67 bits per heavy atom.